The van der Waals surface area contributed by atoms with Crippen LogP contribution in [0, 0.1) is 6.92 Å². The summed E-state index contributed by atoms with van der Waals surface area (Å²) < 4.78 is 5.76. The number of aliphatic carboxylic acids is 1. The third-order valence-electron chi connectivity index (χ3n) is 3.54. The zero-order valence-electron chi connectivity index (χ0n) is 13.7. The Balaban J connectivity index is 1.63. The molecule has 1 heterocycles. The van der Waals surface area contributed by atoms with Gasteiger partial charge in [-0.2, -0.15) is 0 Å². The fourth-order valence-electron chi connectivity index (χ4n) is 2.29. The Bertz CT molecular complexity index is 845. The number of hydrogen-bond donors (Lipinski definition) is 2. The third-order valence-corrected chi connectivity index (χ3v) is 4.68. The zero-order valence-corrected chi connectivity index (χ0v) is 14.5. The summed E-state index contributed by atoms with van der Waals surface area (Å²) in [6.07, 6.45) is 0.623. The molecule has 3 rings (SSSR count). The summed E-state index contributed by atoms with van der Waals surface area (Å²) >= 11 is 1.49. The van der Waals surface area contributed by atoms with Crippen LogP contribution in [-0.4, -0.2) is 16.1 Å². The van der Waals surface area contributed by atoms with E-state index in [-0.39, 0.29) is 6.42 Å². The van der Waals surface area contributed by atoms with Crippen molar-refractivity contribution >= 4 is 28.1 Å². The van der Waals surface area contributed by atoms with E-state index < -0.39 is 5.97 Å². The molecule has 0 aliphatic carbocycles. The first kappa shape index (κ1) is 17.0. The van der Waals surface area contributed by atoms with E-state index in [1.54, 1.807) is 0 Å². The van der Waals surface area contributed by atoms with Gasteiger partial charge in [0.15, 0.2) is 5.13 Å². The van der Waals surface area contributed by atoms with Gasteiger partial charge in [0.05, 0.1) is 12.1 Å². The molecule has 0 spiro atoms. The summed E-state index contributed by atoms with van der Waals surface area (Å²) in [6, 6.07) is 17.2. The van der Waals surface area contributed by atoms with Gasteiger partial charge in [0.2, 0.25) is 0 Å². The van der Waals surface area contributed by atoms with Crippen molar-refractivity contribution < 1.29 is 14.6 Å². The van der Waals surface area contributed by atoms with E-state index in [0.29, 0.717) is 6.42 Å². The maximum absolute atomic E-state index is 10.7. The predicted octanol–water partition coefficient (Wildman–Crippen LogP) is 5.00. The van der Waals surface area contributed by atoms with Gasteiger partial charge in [-0.25, -0.2) is 4.98 Å². The second-order valence-corrected chi connectivity index (χ2v) is 6.57. The number of carboxylic acid groups (broad SMARTS) is 1. The first-order valence-electron chi connectivity index (χ1n) is 7.88. The Morgan fingerprint density at radius 1 is 1.12 bits per heavy atom. The average Bonchev–Trinajstić information content (AvgIpc) is 2.95. The van der Waals surface area contributed by atoms with Crippen molar-refractivity contribution in [1.82, 2.24) is 4.98 Å². The van der Waals surface area contributed by atoms with E-state index in [0.717, 1.165) is 32.9 Å². The summed E-state index contributed by atoms with van der Waals surface area (Å²) in [5.41, 5.74) is 1.77. The Morgan fingerprint density at radius 3 is 2.48 bits per heavy atom. The number of thiazole rings is 1. The minimum absolute atomic E-state index is 0.119. The van der Waals surface area contributed by atoms with E-state index in [4.69, 9.17) is 9.84 Å². The summed E-state index contributed by atoms with van der Waals surface area (Å²) in [4.78, 5) is 16.2. The van der Waals surface area contributed by atoms with Gasteiger partial charge in [-0.3, -0.25) is 4.79 Å². The summed E-state index contributed by atoms with van der Waals surface area (Å²) in [6.45, 7) is 1.90. The second-order valence-electron chi connectivity index (χ2n) is 5.49. The molecule has 0 radical (unpaired) electrons. The number of nitrogens with zero attached hydrogens (tertiary/aromatic N) is 1. The van der Waals surface area contributed by atoms with Crippen LogP contribution in [0.3, 0.4) is 0 Å². The number of aryl methyl sites for hydroxylation is 2. The van der Waals surface area contributed by atoms with Crippen molar-refractivity contribution in [2.45, 2.75) is 19.8 Å². The molecular weight excluding hydrogens is 336 g/mol. The number of hydrogen-bond acceptors (Lipinski definition) is 5. The zero-order chi connectivity index (χ0) is 17.6. The monoisotopic (exact) mass is 354 g/mol. The number of aromatic nitrogens is 1. The van der Waals surface area contributed by atoms with E-state index in [1.807, 2.05) is 61.5 Å². The van der Waals surface area contributed by atoms with Crippen molar-refractivity contribution in [3.05, 3.63) is 65.2 Å². The van der Waals surface area contributed by atoms with Crippen LogP contribution >= 0.6 is 11.3 Å². The lowest BCUT2D eigenvalue weighted by Gasteiger charge is -2.07. The first-order chi connectivity index (χ1) is 12.1. The smallest absolute Gasteiger partial charge is 0.303 e. The van der Waals surface area contributed by atoms with Gasteiger partial charge in [-0.1, -0.05) is 18.2 Å². The van der Waals surface area contributed by atoms with Crippen LogP contribution < -0.4 is 10.1 Å². The van der Waals surface area contributed by atoms with Gasteiger partial charge < -0.3 is 15.2 Å². The SMILES string of the molecule is Cc1nc(Nc2ccc(Oc3ccccc3)cc2)sc1CCC(=O)O. The van der Waals surface area contributed by atoms with E-state index in [1.165, 1.54) is 11.3 Å². The number of carbonyl (C=O) groups is 1. The molecule has 0 unspecified atom stereocenters. The average molecular weight is 354 g/mol. The molecule has 0 amide bonds. The highest BCUT2D eigenvalue weighted by Gasteiger charge is 2.09. The van der Waals surface area contributed by atoms with E-state index >= 15 is 0 Å². The highest BCUT2D eigenvalue weighted by molar-refractivity contribution is 7.15. The predicted molar refractivity (Wildman–Crippen MR) is 99.0 cm³/mol. The number of para-hydroxylation sites is 1. The topological polar surface area (TPSA) is 71.5 Å². The van der Waals surface area contributed by atoms with Crippen molar-refractivity contribution in [3.8, 4) is 11.5 Å². The molecule has 0 saturated heterocycles. The molecule has 1 aromatic heterocycles. The molecule has 2 N–H and O–H groups in total. The highest BCUT2D eigenvalue weighted by atomic mass is 32.1. The fraction of sp³-hybridized carbons (Fsp3) is 0.158. The molecule has 0 bridgehead atoms. The van der Waals surface area contributed by atoms with Crippen molar-refractivity contribution in [2.24, 2.45) is 0 Å². The van der Waals surface area contributed by atoms with Crippen molar-refractivity contribution in [2.75, 3.05) is 5.32 Å². The van der Waals surface area contributed by atoms with E-state index in [9.17, 15) is 4.79 Å². The quantitative estimate of drug-likeness (QED) is 0.624. The molecule has 6 heteroatoms. The maximum Gasteiger partial charge on any atom is 0.303 e. The van der Waals surface area contributed by atoms with Gasteiger partial charge in [-0.15, -0.1) is 11.3 Å². The highest BCUT2D eigenvalue weighted by Crippen LogP contribution is 2.28. The minimum Gasteiger partial charge on any atom is -0.481 e. The van der Waals surface area contributed by atoms with Crippen LogP contribution in [0.5, 0.6) is 11.5 Å². The minimum atomic E-state index is -0.795. The maximum atomic E-state index is 10.7. The Morgan fingerprint density at radius 2 is 1.80 bits per heavy atom. The molecule has 0 atom stereocenters. The molecule has 3 aromatic rings. The number of carboxylic acids is 1. The number of rotatable bonds is 7. The van der Waals surface area contributed by atoms with Gasteiger partial charge in [0.1, 0.15) is 11.5 Å². The lowest BCUT2D eigenvalue weighted by molar-refractivity contribution is -0.136. The standard InChI is InChI=1S/C19H18N2O3S/c1-13-17(11-12-18(22)23)25-19(20-13)21-14-7-9-16(10-8-14)24-15-5-3-2-4-6-15/h2-10H,11-12H2,1H3,(H,20,21)(H,22,23). The van der Waals surface area contributed by atoms with Crippen LogP contribution in [-0.2, 0) is 11.2 Å². The molecule has 2 aromatic carbocycles. The molecular formula is C19H18N2O3S. The number of nitrogens with one attached hydrogen (secondary N) is 1. The molecule has 0 aliphatic heterocycles. The molecule has 0 saturated carbocycles. The number of anilines is 2. The molecule has 0 aliphatic rings. The Labute approximate surface area is 149 Å². The van der Waals surface area contributed by atoms with Crippen molar-refractivity contribution in [1.29, 1.82) is 0 Å². The largest absolute Gasteiger partial charge is 0.481 e. The van der Waals surface area contributed by atoms with Gasteiger partial charge in [0, 0.05) is 10.6 Å². The molecule has 0 fully saturated rings. The second kappa shape index (κ2) is 7.81. The normalized spacial score (nSPS) is 10.4. The summed E-state index contributed by atoms with van der Waals surface area (Å²) in [7, 11) is 0. The number of ether oxygens (including phenoxy) is 1. The van der Waals surface area contributed by atoms with Gasteiger partial charge in [0.25, 0.3) is 0 Å². The van der Waals surface area contributed by atoms with Gasteiger partial charge >= 0.3 is 5.97 Å². The van der Waals surface area contributed by atoms with Crippen LogP contribution in [0.2, 0.25) is 0 Å². The van der Waals surface area contributed by atoms with Gasteiger partial charge in [-0.05, 0) is 49.7 Å². The van der Waals surface area contributed by atoms with Crippen molar-refractivity contribution in [3.63, 3.8) is 0 Å². The summed E-state index contributed by atoms with van der Waals surface area (Å²) in [5.74, 6) is 0.757. The number of benzene rings is 2. The Hall–Kier alpha value is -2.86. The fourth-order valence-corrected chi connectivity index (χ4v) is 3.27. The van der Waals surface area contributed by atoms with Crippen LogP contribution in [0.15, 0.2) is 54.6 Å². The van der Waals surface area contributed by atoms with Crippen LogP contribution in [0.25, 0.3) is 0 Å². The van der Waals surface area contributed by atoms with E-state index in [2.05, 4.69) is 10.3 Å². The first-order valence-corrected chi connectivity index (χ1v) is 8.70. The molecule has 5 nitrogen and oxygen atoms in total. The molecule has 128 valence electrons. The van der Waals surface area contributed by atoms with Crippen LogP contribution in [0.4, 0.5) is 10.8 Å². The Kier molecular flexibility index (Phi) is 5.30. The molecule has 25 heavy (non-hydrogen) atoms. The third kappa shape index (κ3) is 4.81. The lowest BCUT2D eigenvalue weighted by atomic mass is 10.2. The lowest BCUT2D eigenvalue weighted by Crippen LogP contribution is -1.96. The summed E-state index contributed by atoms with van der Waals surface area (Å²) in [5, 5.41) is 12.8. The van der Waals surface area contributed by atoms with Crippen LogP contribution in [0.1, 0.15) is 17.0 Å².